The van der Waals surface area contributed by atoms with Crippen molar-refractivity contribution in [3.63, 3.8) is 0 Å². The summed E-state index contributed by atoms with van der Waals surface area (Å²) >= 11 is 0. The maximum absolute atomic E-state index is 11.1. The van der Waals surface area contributed by atoms with E-state index in [0.717, 1.165) is 24.1 Å². The SMILES string of the molecule is C=C(C)C1CC=C(C)CC1.C=CC(=O)OC.CCCOC(=O)C(C=CC(=O)O)=CO. The molecule has 0 fully saturated rings. The van der Waals surface area contributed by atoms with Crippen LogP contribution in [0, 0.1) is 5.92 Å². The number of aliphatic hydroxyl groups is 1. The predicted octanol–water partition coefficient (Wildman–Crippen LogP) is 4.68. The molecule has 168 valence electrons. The quantitative estimate of drug-likeness (QED) is 0.201. The van der Waals surface area contributed by atoms with Gasteiger partial charge in [0, 0.05) is 12.2 Å². The number of hydrogen-bond donors (Lipinski definition) is 2. The van der Waals surface area contributed by atoms with Crippen LogP contribution in [-0.2, 0) is 23.9 Å². The van der Waals surface area contributed by atoms with Gasteiger partial charge in [0.2, 0.25) is 0 Å². The lowest BCUT2D eigenvalue weighted by Gasteiger charge is -2.19. The third kappa shape index (κ3) is 15.9. The fourth-order valence-corrected chi connectivity index (χ4v) is 2.10. The van der Waals surface area contributed by atoms with Gasteiger partial charge >= 0.3 is 17.9 Å². The number of allylic oxidation sites excluding steroid dienone is 3. The molecule has 0 saturated carbocycles. The minimum Gasteiger partial charge on any atom is -0.515 e. The van der Waals surface area contributed by atoms with Crippen LogP contribution < -0.4 is 0 Å². The number of carboxylic acids is 1. The van der Waals surface area contributed by atoms with Crippen molar-refractivity contribution in [3.8, 4) is 0 Å². The summed E-state index contributed by atoms with van der Waals surface area (Å²) in [6, 6.07) is 0. The van der Waals surface area contributed by atoms with Crippen LogP contribution in [0.5, 0.6) is 0 Å². The molecule has 7 nitrogen and oxygen atoms in total. The van der Waals surface area contributed by atoms with Crippen LogP contribution in [0.2, 0.25) is 0 Å². The van der Waals surface area contributed by atoms with Gasteiger partial charge in [0.1, 0.15) is 0 Å². The lowest BCUT2D eigenvalue weighted by molar-refractivity contribution is -0.138. The Morgan fingerprint density at radius 1 is 1.30 bits per heavy atom. The Balaban J connectivity index is 0. The standard InChI is InChI=1S/C10H16.C9H12O5.C4H6O2/c1-8(2)10-6-4-9(3)5-7-10;1-2-5-14-9(13)7(6-10)3-4-8(11)12;1-3-4(5)6-2/h4,10H,1,5-7H2,2-3H3;3-4,6,10H,2,5H2,1H3,(H,11,12);3H,1H2,2H3. The lowest BCUT2D eigenvalue weighted by Crippen LogP contribution is -2.07. The van der Waals surface area contributed by atoms with Gasteiger partial charge < -0.3 is 19.7 Å². The number of carbonyl (C=O) groups excluding carboxylic acids is 2. The highest BCUT2D eigenvalue weighted by atomic mass is 16.5. The molecule has 0 heterocycles. The van der Waals surface area contributed by atoms with Crippen LogP contribution in [0.1, 0.15) is 46.5 Å². The predicted molar refractivity (Wildman–Crippen MR) is 117 cm³/mol. The molecule has 0 aromatic rings. The fourth-order valence-electron chi connectivity index (χ4n) is 2.10. The Morgan fingerprint density at radius 2 is 1.93 bits per heavy atom. The van der Waals surface area contributed by atoms with Crippen LogP contribution in [0.3, 0.4) is 0 Å². The highest BCUT2D eigenvalue weighted by Gasteiger charge is 2.11. The first-order valence-electron chi connectivity index (χ1n) is 9.56. The van der Waals surface area contributed by atoms with Gasteiger partial charge in [-0.1, -0.05) is 37.3 Å². The molecule has 7 heteroatoms. The number of hydrogen-bond acceptors (Lipinski definition) is 6. The van der Waals surface area contributed by atoms with E-state index in [0.29, 0.717) is 12.7 Å². The molecule has 2 N–H and O–H groups in total. The second-order valence-electron chi connectivity index (χ2n) is 6.49. The Bertz CT molecular complexity index is 669. The van der Waals surface area contributed by atoms with Crippen molar-refractivity contribution < 1.29 is 34.1 Å². The molecule has 0 aromatic heterocycles. The molecular weight excluding hydrogens is 388 g/mol. The maximum Gasteiger partial charge on any atom is 0.341 e. The molecular formula is C23H34O7. The minimum absolute atomic E-state index is 0.194. The van der Waals surface area contributed by atoms with Crippen molar-refractivity contribution in [1.82, 2.24) is 0 Å². The Kier molecular flexibility index (Phi) is 17.4. The highest BCUT2D eigenvalue weighted by molar-refractivity contribution is 5.93. The van der Waals surface area contributed by atoms with E-state index in [-0.39, 0.29) is 12.2 Å². The van der Waals surface area contributed by atoms with Crippen LogP contribution in [0.15, 0.2) is 60.4 Å². The maximum atomic E-state index is 11.1. The van der Waals surface area contributed by atoms with Gasteiger partial charge in [-0.3, -0.25) is 0 Å². The minimum atomic E-state index is -1.20. The molecule has 0 amide bonds. The molecule has 1 aliphatic rings. The van der Waals surface area contributed by atoms with Gasteiger partial charge in [-0.15, -0.1) is 0 Å². The molecule has 0 aromatic carbocycles. The van der Waals surface area contributed by atoms with Gasteiger partial charge in [0.25, 0.3) is 0 Å². The van der Waals surface area contributed by atoms with Crippen molar-refractivity contribution in [2.24, 2.45) is 5.92 Å². The van der Waals surface area contributed by atoms with E-state index >= 15 is 0 Å². The van der Waals surface area contributed by atoms with Crippen LogP contribution in [0.4, 0.5) is 0 Å². The summed E-state index contributed by atoms with van der Waals surface area (Å²) in [7, 11) is 1.31. The van der Waals surface area contributed by atoms with E-state index in [1.54, 1.807) is 5.57 Å². The van der Waals surface area contributed by atoms with Crippen LogP contribution in [0.25, 0.3) is 0 Å². The zero-order chi connectivity index (χ0) is 23.5. The fraction of sp³-hybridized carbons (Fsp3) is 0.435. The van der Waals surface area contributed by atoms with Gasteiger partial charge in [0.05, 0.1) is 25.6 Å². The smallest absolute Gasteiger partial charge is 0.341 e. The largest absolute Gasteiger partial charge is 0.515 e. The molecule has 1 aliphatic carbocycles. The summed E-state index contributed by atoms with van der Waals surface area (Å²) in [4.78, 5) is 31.0. The second-order valence-corrected chi connectivity index (χ2v) is 6.49. The number of aliphatic carboxylic acids is 1. The summed E-state index contributed by atoms with van der Waals surface area (Å²) < 4.78 is 8.81. The molecule has 0 saturated heterocycles. The van der Waals surface area contributed by atoms with Gasteiger partial charge in [-0.2, -0.15) is 0 Å². The number of esters is 2. The monoisotopic (exact) mass is 422 g/mol. The highest BCUT2D eigenvalue weighted by Crippen LogP contribution is 2.27. The van der Waals surface area contributed by atoms with Crippen molar-refractivity contribution >= 4 is 17.9 Å². The summed E-state index contributed by atoms with van der Waals surface area (Å²) in [5.41, 5.74) is 2.71. The molecule has 1 rings (SSSR count). The first-order chi connectivity index (χ1) is 14.1. The van der Waals surface area contributed by atoms with Gasteiger partial charge in [0.15, 0.2) is 0 Å². The van der Waals surface area contributed by atoms with E-state index in [4.69, 9.17) is 10.2 Å². The third-order valence-electron chi connectivity index (χ3n) is 3.92. The van der Waals surface area contributed by atoms with Crippen molar-refractivity contribution in [2.75, 3.05) is 13.7 Å². The van der Waals surface area contributed by atoms with Gasteiger partial charge in [-0.25, -0.2) is 14.4 Å². The molecule has 30 heavy (non-hydrogen) atoms. The molecule has 1 atom stereocenters. The topological polar surface area (TPSA) is 110 Å². The Morgan fingerprint density at radius 3 is 2.27 bits per heavy atom. The van der Waals surface area contributed by atoms with E-state index in [9.17, 15) is 14.4 Å². The third-order valence-corrected chi connectivity index (χ3v) is 3.92. The Labute approximate surface area is 179 Å². The van der Waals surface area contributed by atoms with Crippen LogP contribution in [-0.4, -0.2) is 41.8 Å². The van der Waals surface area contributed by atoms with Crippen molar-refractivity contribution in [2.45, 2.75) is 46.5 Å². The average Bonchev–Trinajstić information content (AvgIpc) is 2.73. The Hall–Kier alpha value is -3.09. The lowest BCUT2D eigenvalue weighted by atomic mass is 9.86. The first kappa shape index (κ1) is 29.1. The molecule has 0 aliphatic heterocycles. The zero-order valence-corrected chi connectivity index (χ0v) is 18.3. The van der Waals surface area contributed by atoms with Crippen molar-refractivity contribution in [3.05, 3.63) is 60.4 Å². The average molecular weight is 423 g/mol. The molecule has 0 radical (unpaired) electrons. The summed E-state index contributed by atoms with van der Waals surface area (Å²) in [6.45, 7) is 13.5. The molecule has 0 bridgehead atoms. The number of methoxy groups -OCH3 is 1. The van der Waals surface area contributed by atoms with E-state index < -0.39 is 17.9 Å². The van der Waals surface area contributed by atoms with Gasteiger partial charge in [-0.05, 0) is 51.5 Å². The molecule has 0 spiro atoms. The summed E-state index contributed by atoms with van der Waals surface area (Å²) in [6.07, 6.45) is 10.2. The second kappa shape index (κ2) is 18.0. The summed E-state index contributed by atoms with van der Waals surface area (Å²) in [5.74, 6) is -1.57. The normalized spacial score (nSPS) is 15.4. The first-order valence-corrected chi connectivity index (χ1v) is 9.56. The van der Waals surface area contributed by atoms with Crippen LogP contribution >= 0.6 is 0 Å². The van der Waals surface area contributed by atoms with Crippen molar-refractivity contribution in [1.29, 1.82) is 0 Å². The number of ether oxygens (including phenoxy) is 2. The number of rotatable bonds is 7. The van der Waals surface area contributed by atoms with E-state index in [1.165, 1.54) is 31.9 Å². The number of carboxylic acid groups (broad SMARTS) is 1. The summed E-state index contributed by atoms with van der Waals surface area (Å²) in [5, 5.41) is 16.9. The van der Waals surface area contributed by atoms with E-state index in [1.807, 2.05) is 6.92 Å². The number of carbonyl (C=O) groups is 3. The number of aliphatic hydroxyl groups excluding tert-OH is 1. The van der Waals surface area contributed by atoms with E-state index in [2.05, 4.69) is 42.6 Å². The molecule has 1 unspecified atom stereocenters. The zero-order valence-electron chi connectivity index (χ0n) is 18.3.